The zero-order chi connectivity index (χ0) is 12.5. The Labute approximate surface area is 110 Å². The lowest BCUT2D eigenvalue weighted by molar-refractivity contribution is 0.885. The lowest BCUT2D eigenvalue weighted by Crippen LogP contribution is -1.98. The summed E-state index contributed by atoms with van der Waals surface area (Å²) >= 11 is 0. The minimum Gasteiger partial charge on any atom is -0.0651 e. The van der Waals surface area contributed by atoms with E-state index in [0.29, 0.717) is 0 Å². The van der Waals surface area contributed by atoms with Crippen LogP contribution in [0.25, 0.3) is 11.1 Å². The number of rotatable bonds is 3. The Morgan fingerprint density at radius 2 is 1.78 bits per heavy atom. The van der Waals surface area contributed by atoms with E-state index in [2.05, 4.69) is 50.2 Å². The van der Waals surface area contributed by atoms with Gasteiger partial charge in [0, 0.05) is 0 Å². The van der Waals surface area contributed by atoms with Crippen molar-refractivity contribution in [2.24, 2.45) is 0 Å². The second-order valence-corrected chi connectivity index (χ2v) is 5.17. The summed E-state index contributed by atoms with van der Waals surface area (Å²) in [6, 6.07) is 13.5. The van der Waals surface area contributed by atoms with Crippen LogP contribution in [0, 0.1) is 0 Å². The van der Waals surface area contributed by atoms with Crippen LogP contribution in [-0.2, 0) is 19.3 Å². The Bertz CT molecular complexity index is 579. The average Bonchev–Trinajstić information content (AvgIpc) is 2.78. The van der Waals surface area contributed by atoms with Gasteiger partial charge in [-0.2, -0.15) is 0 Å². The van der Waals surface area contributed by atoms with Gasteiger partial charge in [-0.05, 0) is 52.6 Å². The first-order valence-corrected chi connectivity index (χ1v) is 7.07. The van der Waals surface area contributed by atoms with Crippen molar-refractivity contribution in [2.75, 3.05) is 0 Å². The van der Waals surface area contributed by atoms with Crippen LogP contribution in [-0.4, -0.2) is 0 Å². The third-order valence-corrected chi connectivity index (χ3v) is 4.08. The molecule has 18 heavy (non-hydrogen) atoms. The smallest absolute Gasteiger partial charge is 0.00106 e. The molecule has 2 aromatic carbocycles. The monoisotopic (exact) mass is 236 g/mol. The van der Waals surface area contributed by atoms with Crippen molar-refractivity contribution in [1.82, 2.24) is 0 Å². The van der Waals surface area contributed by atoms with Gasteiger partial charge >= 0.3 is 0 Å². The van der Waals surface area contributed by atoms with E-state index in [1.54, 1.807) is 16.7 Å². The van der Waals surface area contributed by atoms with E-state index in [1.165, 1.54) is 29.5 Å². The van der Waals surface area contributed by atoms with Crippen LogP contribution in [0.4, 0.5) is 0 Å². The van der Waals surface area contributed by atoms with Gasteiger partial charge in [0.2, 0.25) is 0 Å². The van der Waals surface area contributed by atoms with Crippen molar-refractivity contribution in [1.29, 1.82) is 0 Å². The highest BCUT2D eigenvalue weighted by atomic mass is 14.3. The number of hydrogen-bond acceptors (Lipinski definition) is 0. The second kappa shape index (κ2) is 4.61. The van der Waals surface area contributed by atoms with Crippen LogP contribution < -0.4 is 0 Å². The number of fused-ring (bicyclic) bond motifs is 3. The standard InChI is InChI=1S/C18H20/c1-3-7-15-13(4-2)10-11-17-16-9-6-5-8-14(16)12-18(15)17/h5-6,8-11H,3-4,7,12H2,1-2H3. The van der Waals surface area contributed by atoms with Gasteiger partial charge in [-0.3, -0.25) is 0 Å². The SMILES string of the molecule is CCCc1c(CC)ccc2c1Cc1ccccc1-2. The van der Waals surface area contributed by atoms with Crippen molar-refractivity contribution >= 4 is 0 Å². The molecule has 0 fully saturated rings. The molecule has 0 atom stereocenters. The number of aryl methyl sites for hydroxylation is 1. The second-order valence-electron chi connectivity index (χ2n) is 5.17. The molecule has 0 nitrogen and oxygen atoms in total. The third kappa shape index (κ3) is 1.68. The number of benzene rings is 2. The Morgan fingerprint density at radius 3 is 2.56 bits per heavy atom. The molecule has 0 N–H and O–H groups in total. The van der Waals surface area contributed by atoms with Crippen molar-refractivity contribution < 1.29 is 0 Å². The first kappa shape index (κ1) is 11.5. The fraction of sp³-hybridized carbons (Fsp3) is 0.333. The van der Waals surface area contributed by atoms with Crippen LogP contribution >= 0.6 is 0 Å². The molecule has 0 spiro atoms. The van der Waals surface area contributed by atoms with Crippen molar-refractivity contribution in [3.05, 3.63) is 58.7 Å². The molecule has 0 heteroatoms. The van der Waals surface area contributed by atoms with Gasteiger partial charge in [-0.15, -0.1) is 0 Å². The molecule has 1 aliphatic carbocycles. The van der Waals surface area contributed by atoms with Crippen LogP contribution in [0.15, 0.2) is 36.4 Å². The van der Waals surface area contributed by atoms with E-state index in [0.717, 1.165) is 12.8 Å². The third-order valence-electron chi connectivity index (χ3n) is 4.08. The van der Waals surface area contributed by atoms with Crippen LogP contribution in [0.3, 0.4) is 0 Å². The lowest BCUT2D eigenvalue weighted by atomic mass is 9.92. The highest BCUT2D eigenvalue weighted by molar-refractivity contribution is 5.78. The number of hydrogen-bond donors (Lipinski definition) is 0. The normalized spacial score (nSPS) is 12.3. The lowest BCUT2D eigenvalue weighted by Gasteiger charge is -2.13. The van der Waals surface area contributed by atoms with Crippen LogP contribution in [0.5, 0.6) is 0 Å². The molecule has 0 heterocycles. The molecule has 0 unspecified atom stereocenters. The minimum atomic E-state index is 1.13. The molecule has 0 radical (unpaired) electrons. The van der Waals surface area contributed by atoms with Gasteiger partial charge in [0.15, 0.2) is 0 Å². The Balaban J connectivity index is 2.18. The fourth-order valence-electron chi connectivity index (χ4n) is 3.22. The summed E-state index contributed by atoms with van der Waals surface area (Å²) in [7, 11) is 0. The Hall–Kier alpha value is -1.56. The first-order valence-electron chi connectivity index (χ1n) is 7.07. The molecule has 0 bridgehead atoms. The summed E-state index contributed by atoms with van der Waals surface area (Å²) in [5, 5.41) is 0. The maximum absolute atomic E-state index is 2.34. The zero-order valence-corrected chi connectivity index (χ0v) is 11.3. The van der Waals surface area contributed by atoms with Crippen LogP contribution in [0.2, 0.25) is 0 Å². The molecule has 0 saturated heterocycles. The average molecular weight is 236 g/mol. The molecule has 0 aliphatic heterocycles. The van der Waals surface area contributed by atoms with Crippen molar-refractivity contribution in [3.63, 3.8) is 0 Å². The Kier molecular flexibility index (Phi) is 2.95. The summed E-state index contributed by atoms with van der Waals surface area (Å²) in [5.41, 5.74) is 9.19. The largest absolute Gasteiger partial charge is 0.0651 e. The topological polar surface area (TPSA) is 0 Å². The highest BCUT2D eigenvalue weighted by Crippen LogP contribution is 2.39. The summed E-state index contributed by atoms with van der Waals surface area (Å²) in [4.78, 5) is 0. The minimum absolute atomic E-state index is 1.13. The van der Waals surface area contributed by atoms with E-state index >= 15 is 0 Å². The molecule has 0 aromatic heterocycles. The van der Waals surface area contributed by atoms with Gasteiger partial charge in [0.1, 0.15) is 0 Å². The van der Waals surface area contributed by atoms with E-state index in [4.69, 9.17) is 0 Å². The molecular weight excluding hydrogens is 216 g/mol. The summed E-state index contributed by atoms with van der Waals surface area (Å²) < 4.78 is 0. The molecule has 0 amide bonds. The van der Waals surface area contributed by atoms with Gasteiger partial charge in [0.25, 0.3) is 0 Å². The summed E-state index contributed by atoms with van der Waals surface area (Å²) in [6.07, 6.45) is 4.74. The van der Waals surface area contributed by atoms with E-state index in [1.807, 2.05) is 0 Å². The van der Waals surface area contributed by atoms with Gasteiger partial charge in [0.05, 0.1) is 0 Å². The summed E-state index contributed by atoms with van der Waals surface area (Å²) in [5.74, 6) is 0. The quantitative estimate of drug-likeness (QED) is 0.614. The van der Waals surface area contributed by atoms with E-state index in [-0.39, 0.29) is 0 Å². The molecular formula is C18H20. The van der Waals surface area contributed by atoms with Gasteiger partial charge < -0.3 is 0 Å². The van der Waals surface area contributed by atoms with E-state index < -0.39 is 0 Å². The van der Waals surface area contributed by atoms with E-state index in [9.17, 15) is 0 Å². The molecule has 0 saturated carbocycles. The van der Waals surface area contributed by atoms with Crippen molar-refractivity contribution in [3.8, 4) is 11.1 Å². The molecule has 2 aromatic rings. The summed E-state index contributed by atoms with van der Waals surface area (Å²) in [6.45, 7) is 4.55. The molecule has 92 valence electrons. The first-order chi connectivity index (χ1) is 8.85. The maximum atomic E-state index is 2.34. The fourth-order valence-corrected chi connectivity index (χ4v) is 3.22. The van der Waals surface area contributed by atoms with Crippen LogP contribution in [0.1, 0.15) is 42.5 Å². The maximum Gasteiger partial charge on any atom is -0.00106 e. The van der Waals surface area contributed by atoms with Gasteiger partial charge in [-0.25, -0.2) is 0 Å². The Morgan fingerprint density at radius 1 is 0.944 bits per heavy atom. The zero-order valence-electron chi connectivity index (χ0n) is 11.3. The van der Waals surface area contributed by atoms with Gasteiger partial charge in [-0.1, -0.05) is 56.7 Å². The highest BCUT2D eigenvalue weighted by Gasteiger charge is 2.21. The predicted molar refractivity (Wildman–Crippen MR) is 78.1 cm³/mol. The molecule has 1 aliphatic rings. The van der Waals surface area contributed by atoms with Crippen molar-refractivity contribution in [2.45, 2.75) is 39.5 Å². The predicted octanol–water partition coefficient (Wildman–Crippen LogP) is 4.77. The molecule has 3 rings (SSSR count).